The highest BCUT2D eigenvalue weighted by molar-refractivity contribution is 5.92. The summed E-state index contributed by atoms with van der Waals surface area (Å²) in [7, 11) is 1.85. The van der Waals surface area contributed by atoms with Crippen molar-refractivity contribution in [3.05, 3.63) is 65.5 Å². The lowest BCUT2D eigenvalue weighted by atomic mass is 9.99. The summed E-state index contributed by atoms with van der Waals surface area (Å²) in [6.45, 7) is 0.685. The molecule has 0 atom stereocenters. The summed E-state index contributed by atoms with van der Waals surface area (Å²) in [4.78, 5) is 18.0. The van der Waals surface area contributed by atoms with E-state index in [2.05, 4.69) is 14.8 Å². The lowest BCUT2D eigenvalue weighted by Gasteiger charge is -2.26. The van der Waals surface area contributed by atoms with E-state index in [1.54, 1.807) is 4.68 Å². The molecular formula is C20H17F3N4O2. The Hall–Kier alpha value is -3.36. The van der Waals surface area contributed by atoms with Crippen molar-refractivity contribution in [2.24, 2.45) is 7.05 Å². The molecule has 3 aromatic rings. The topological polar surface area (TPSA) is 60.2 Å². The maximum absolute atomic E-state index is 12.8. The Morgan fingerprint density at radius 2 is 1.86 bits per heavy atom. The molecule has 1 aliphatic heterocycles. The van der Waals surface area contributed by atoms with Crippen LogP contribution in [0.4, 0.5) is 13.2 Å². The molecule has 0 saturated heterocycles. The number of pyridine rings is 1. The van der Waals surface area contributed by atoms with Crippen LogP contribution >= 0.6 is 0 Å². The SMILES string of the molecule is Cn1nc2c(c1-c1ccccc1)CCN(C(=O)c1cccc(OC(F)(F)F)n1)C2. The molecule has 1 amide bonds. The van der Waals surface area contributed by atoms with Gasteiger partial charge < -0.3 is 9.64 Å². The van der Waals surface area contributed by atoms with Gasteiger partial charge in [0.05, 0.1) is 17.9 Å². The summed E-state index contributed by atoms with van der Waals surface area (Å²) < 4.78 is 42.8. The third-order valence-corrected chi connectivity index (χ3v) is 4.70. The van der Waals surface area contributed by atoms with E-state index < -0.39 is 18.1 Å². The first-order chi connectivity index (χ1) is 13.8. The number of carbonyl (C=O) groups excluding carboxylic acids is 1. The lowest BCUT2D eigenvalue weighted by Crippen LogP contribution is -2.36. The van der Waals surface area contributed by atoms with Crippen LogP contribution in [0.15, 0.2) is 48.5 Å². The third-order valence-electron chi connectivity index (χ3n) is 4.70. The maximum atomic E-state index is 12.8. The Balaban J connectivity index is 1.57. The second-order valence-electron chi connectivity index (χ2n) is 6.65. The van der Waals surface area contributed by atoms with Crippen LogP contribution in [0.5, 0.6) is 5.88 Å². The molecule has 1 aromatic carbocycles. The molecule has 9 heteroatoms. The van der Waals surface area contributed by atoms with Crippen molar-refractivity contribution in [2.45, 2.75) is 19.3 Å². The minimum absolute atomic E-state index is 0.102. The van der Waals surface area contributed by atoms with Crippen LogP contribution in [0.1, 0.15) is 21.7 Å². The van der Waals surface area contributed by atoms with Crippen LogP contribution in [-0.2, 0) is 20.0 Å². The smallest absolute Gasteiger partial charge is 0.388 e. The van der Waals surface area contributed by atoms with Gasteiger partial charge in [0.15, 0.2) is 0 Å². The first-order valence-corrected chi connectivity index (χ1v) is 8.94. The van der Waals surface area contributed by atoms with Gasteiger partial charge in [0, 0.05) is 30.8 Å². The van der Waals surface area contributed by atoms with Gasteiger partial charge in [0.1, 0.15) is 5.69 Å². The van der Waals surface area contributed by atoms with Gasteiger partial charge in [0.25, 0.3) is 5.91 Å². The highest BCUT2D eigenvalue weighted by Crippen LogP contribution is 2.30. The normalized spacial score (nSPS) is 13.9. The van der Waals surface area contributed by atoms with Crippen molar-refractivity contribution in [3.63, 3.8) is 0 Å². The van der Waals surface area contributed by atoms with E-state index in [1.807, 2.05) is 37.4 Å². The van der Waals surface area contributed by atoms with Crippen LogP contribution in [0.2, 0.25) is 0 Å². The van der Waals surface area contributed by atoms with Crippen molar-refractivity contribution in [1.29, 1.82) is 0 Å². The fourth-order valence-corrected chi connectivity index (χ4v) is 3.52. The molecule has 3 heterocycles. The van der Waals surface area contributed by atoms with Gasteiger partial charge in [-0.2, -0.15) is 5.10 Å². The predicted octanol–water partition coefficient (Wildman–Crippen LogP) is 3.58. The molecule has 4 rings (SSSR count). The van der Waals surface area contributed by atoms with E-state index in [0.29, 0.717) is 13.0 Å². The number of alkyl halides is 3. The first kappa shape index (κ1) is 19.0. The molecule has 0 unspecified atom stereocenters. The highest BCUT2D eigenvalue weighted by atomic mass is 19.4. The zero-order valence-corrected chi connectivity index (χ0v) is 15.5. The van der Waals surface area contributed by atoms with Crippen molar-refractivity contribution in [1.82, 2.24) is 19.7 Å². The Bertz CT molecular complexity index is 1050. The first-order valence-electron chi connectivity index (χ1n) is 8.94. The van der Waals surface area contributed by atoms with E-state index in [0.717, 1.165) is 28.6 Å². The monoisotopic (exact) mass is 402 g/mol. The Morgan fingerprint density at radius 3 is 2.59 bits per heavy atom. The Kier molecular flexibility index (Phi) is 4.73. The summed E-state index contributed by atoms with van der Waals surface area (Å²) in [5, 5.41) is 4.55. The van der Waals surface area contributed by atoms with Crippen LogP contribution < -0.4 is 4.74 Å². The highest BCUT2D eigenvalue weighted by Gasteiger charge is 2.33. The second kappa shape index (κ2) is 7.23. The number of carbonyl (C=O) groups is 1. The summed E-state index contributed by atoms with van der Waals surface area (Å²) in [5.41, 5.74) is 3.79. The number of hydrogen-bond acceptors (Lipinski definition) is 4. The summed E-state index contributed by atoms with van der Waals surface area (Å²) >= 11 is 0. The second-order valence-corrected chi connectivity index (χ2v) is 6.65. The third kappa shape index (κ3) is 3.94. The molecule has 0 saturated carbocycles. The summed E-state index contributed by atoms with van der Waals surface area (Å²) in [6, 6.07) is 13.6. The van der Waals surface area contributed by atoms with Gasteiger partial charge in [-0.3, -0.25) is 9.48 Å². The number of nitrogens with zero attached hydrogens (tertiary/aromatic N) is 4. The van der Waals surface area contributed by atoms with Gasteiger partial charge in [-0.15, -0.1) is 13.2 Å². The van der Waals surface area contributed by atoms with Crippen molar-refractivity contribution >= 4 is 5.91 Å². The van der Waals surface area contributed by atoms with E-state index in [-0.39, 0.29) is 12.2 Å². The van der Waals surface area contributed by atoms with E-state index in [4.69, 9.17) is 0 Å². The number of benzene rings is 1. The molecule has 150 valence electrons. The van der Waals surface area contributed by atoms with Crippen LogP contribution in [0.3, 0.4) is 0 Å². The van der Waals surface area contributed by atoms with Crippen LogP contribution in [0.25, 0.3) is 11.3 Å². The van der Waals surface area contributed by atoms with Crippen LogP contribution in [0, 0.1) is 0 Å². The Labute approximate surface area is 164 Å². The molecule has 0 radical (unpaired) electrons. The zero-order valence-electron chi connectivity index (χ0n) is 15.5. The quantitative estimate of drug-likeness (QED) is 0.672. The molecule has 0 bridgehead atoms. The van der Waals surface area contributed by atoms with E-state index >= 15 is 0 Å². The van der Waals surface area contributed by atoms with Gasteiger partial charge in [0.2, 0.25) is 5.88 Å². The zero-order chi connectivity index (χ0) is 20.6. The predicted molar refractivity (Wildman–Crippen MR) is 98.0 cm³/mol. The number of amides is 1. The van der Waals surface area contributed by atoms with Gasteiger partial charge in [-0.1, -0.05) is 36.4 Å². The molecule has 6 nitrogen and oxygen atoms in total. The van der Waals surface area contributed by atoms with Gasteiger partial charge in [-0.05, 0) is 12.5 Å². The number of ether oxygens (including phenoxy) is 1. The van der Waals surface area contributed by atoms with E-state index in [9.17, 15) is 18.0 Å². The average molecular weight is 402 g/mol. The molecule has 2 aromatic heterocycles. The molecule has 0 N–H and O–H groups in total. The number of halogens is 3. The minimum atomic E-state index is -4.86. The summed E-state index contributed by atoms with van der Waals surface area (Å²) in [6.07, 6.45) is -4.27. The average Bonchev–Trinajstić information content (AvgIpc) is 3.01. The summed E-state index contributed by atoms with van der Waals surface area (Å²) in [5.74, 6) is -1.12. The fraction of sp³-hybridized carbons (Fsp3) is 0.250. The fourth-order valence-electron chi connectivity index (χ4n) is 3.52. The minimum Gasteiger partial charge on any atom is -0.388 e. The standard InChI is InChI=1S/C20H17F3N4O2/c1-26-18(13-6-3-2-4-7-13)14-10-11-27(12-16(14)25-26)19(28)15-8-5-9-17(24-15)29-20(21,22)23/h2-9H,10-12H2,1H3. The number of aryl methyl sites for hydroxylation is 1. The van der Waals surface area contributed by atoms with Gasteiger partial charge in [-0.25, -0.2) is 4.98 Å². The molecule has 0 fully saturated rings. The van der Waals surface area contributed by atoms with E-state index in [1.165, 1.54) is 17.0 Å². The molecule has 1 aliphatic rings. The lowest BCUT2D eigenvalue weighted by molar-refractivity contribution is -0.276. The molecular weight excluding hydrogens is 385 g/mol. The molecule has 0 aliphatic carbocycles. The van der Waals surface area contributed by atoms with Crippen LogP contribution in [-0.4, -0.2) is 38.5 Å². The largest absolute Gasteiger partial charge is 0.574 e. The van der Waals surface area contributed by atoms with Crippen molar-refractivity contribution < 1.29 is 22.7 Å². The van der Waals surface area contributed by atoms with Crippen molar-refractivity contribution in [2.75, 3.05) is 6.54 Å². The number of rotatable bonds is 3. The number of hydrogen-bond donors (Lipinski definition) is 0. The molecule has 29 heavy (non-hydrogen) atoms. The molecule has 0 spiro atoms. The Morgan fingerprint density at radius 1 is 1.10 bits per heavy atom. The van der Waals surface area contributed by atoms with Gasteiger partial charge >= 0.3 is 6.36 Å². The number of aromatic nitrogens is 3. The maximum Gasteiger partial charge on any atom is 0.574 e. The number of fused-ring (bicyclic) bond motifs is 1. The van der Waals surface area contributed by atoms with Crippen molar-refractivity contribution in [3.8, 4) is 17.1 Å².